The summed E-state index contributed by atoms with van der Waals surface area (Å²) in [5, 5.41) is 6.02. The standard InChI is InChI=1S/C33H57N3O4/c1-11-13-14-15-16-20-36(31(38)28(21-23(3)4)35-32(39)40-33(8,9)10)29(30(37)34-26(7)17-12-2)27-22-24(5)18-19-25(27)6/h18-19,22-23,26,28-29H,11-17,20-21H2,1-10H3,(H,34,37)(H,35,39). The Hall–Kier alpha value is -2.57. The number of hydrogen-bond donors (Lipinski definition) is 2. The van der Waals surface area contributed by atoms with E-state index in [2.05, 4.69) is 24.5 Å². The van der Waals surface area contributed by atoms with Crippen LogP contribution in [0.3, 0.4) is 0 Å². The molecule has 0 aliphatic heterocycles. The lowest BCUT2D eigenvalue weighted by Crippen LogP contribution is -2.54. The first-order valence-corrected chi connectivity index (χ1v) is 15.4. The van der Waals surface area contributed by atoms with Crippen LogP contribution in [0, 0.1) is 19.8 Å². The molecule has 3 amide bonds. The average molecular weight is 560 g/mol. The SMILES string of the molecule is CCCCCCCN(C(=O)C(CC(C)C)NC(=O)OC(C)(C)C)C(C(=O)NC(C)CCC)c1cc(C)ccc1C. The molecule has 1 rings (SSSR count). The minimum atomic E-state index is -0.807. The van der Waals surface area contributed by atoms with E-state index in [1.54, 1.807) is 25.7 Å². The van der Waals surface area contributed by atoms with E-state index < -0.39 is 23.8 Å². The van der Waals surface area contributed by atoms with E-state index in [1.165, 1.54) is 0 Å². The quantitative estimate of drug-likeness (QED) is 0.207. The topological polar surface area (TPSA) is 87.7 Å². The fraction of sp³-hybridized carbons (Fsp3) is 0.727. The van der Waals surface area contributed by atoms with Crippen LogP contribution in [0.1, 0.15) is 129 Å². The lowest BCUT2D eigenvalue weighted by atomic mass is 9.94. The van der Waals surface area contributed by atoms with Gasteiger partial charge in [-0.25, -0.2) is 4.79 Å². The summed E-state index contributed by atoms with van der Waals surface area (Å²) in [6.45, 7) is 20.1. The van der Waals surface area contributed by atoms with Gasteiger partial charge in [0.1, 0.15) is 17.7 Å². The second-order valence-corrected chi connectivity index (χ2v) is 12.7. The van der Waals surface area contributed by atoms with Crippen LogP contribution in [0.15, 0.2) is 18.2 Å². The molecule has 0 fully saturated rings. The number of benzene rings is 1. The minimum Gasteiger partial charge on any atom is -0.444 e. The second-order valence-electron chi connectivity index (χ2n) is 12.7. The molecule has 2 N–H and O–H groups in total. The number of unbranched alkanes of at least 4 members (excludes halogenated alkanes) is 4. The van der Waals surface area contributed by atoms with Crippen LogP contribution in [-0.4, -0.2) is 47.0 Å². The average Bonchev–Trinajstić information content (AvgIpc) is 2.82. The van der Waals surface area contributed by atoms with E-state index in [0.29, 0.717) is 13.0 Å². The number of hydrogen-bond acceptors (Lipinski definition) is 4. The molecule has 0 saturated heterocycles. The largest absolute Gasteiger partial charge is 0.444 e. The second kappa shape index (κ2) is 17.3. The molecule has 0 aliphatic rings. The predicted molar refractivity (Wildman–Crippen MR) is 164 cm³/mol. The van der Waals surface area contributed by atoms with Crippen LogP contribution in [0.5, 0.6) is 0 Å². The van der Waals surface area contributed by atoms with E-state index in [1.807, 2.05) is 52.8 Å². The Morgan fingerprint density at radius 1 is 0.925 bits per heavy atom. The van der Waals surface area contributed by atoms with Crippen molar-refractivity contribution < 1.29 is 19.1 Å². The highest BCUT2D eigenvalue weighted by molar-refractivity contribution is 5.92. The van der Waals surface area contributed by atoms with Crippen LogP contribution < -0.4 is 10.6 Å². The van der Waals surface area contributed by atoms with Gasteiger partial charge in [-0.15, -0.1) is 0 Å². The molecule has 0 radical (unpaired) electrons. The van der Waals surface area contributed by atoms with Crippen molar-refractivity contribution in [2.45, 2.75) is 144 Å². The molecule has 7 heteroatoms. The van der Waals surface area contributed by atoms with Crippen LogP contribution in [0.2, 0.25) is 0 Å². The Labute approximate surface area is 244 Å². The molecule has 0 saturated carbocycles. The normalized spacial score (nSPS) is 13.9. The van der Waals surface area contributed by atoms with Gasteiger partial charge in [-0.1, -0.05) is 83.6 Å². The highest BCUT2D eigenvalue weighted by atomic mass is 16.6. The van der Waals surface area contributed by atoms with Crippen LogP contribution in [-0.2, 0) is 14.3 Å². The van der Waals surface area contributed by atoms with Crippen molar-refractivity contribution in [2.24, 2.45) is 5.92 Å². The van der Waals surface area contributed by atoms with Gasteiger partial charge in [0.15, 0.2) is 0 Å². The van der Waals surface area contributed by atoms with E-state index >= 15 is 0 Å². The van der Waals surface area contributed by atoms with E-state index in [-0.39, 0.29) is 23.8 Å². The van der Waals surface area contributed by atoms with Gasteiger partial charge in [0.05, 0.1) is 0 Å². The molecule has 3 unspecified atom stereocenters. The van der Waals surface area contributed by atoms with Crippen LogP contribution in [0.4, 0.5) is 4.79 Å². The number of alkyl carbamates (subject to hydrolysis) is 1. The van der Waals surface area contributed by atoms with Crippen LogP contribution in [0.25, 0.3) is 0 Å². The van der Waals surface area contributed by atoms with Gasteiger partial charge in [-0.05, 0) is 77.8 Å². The Morgan fingerprint density at radius 2 is 1.57 bits per heavy atom. The van der Waals surface area contributed by atoms with Gasteiger partial charge < -0.3 is 20.3 Å². The number of nitrogens with one attached hydrogen (secondary N) is 2. The van der Waals surface area contributed by atoms with Crippen molar-refractivity contribution in [3.05, 3.63) is 34.9 Å². The molecular formula is C33H57N3O4. The van der Waals surface area contributed by atoms with Gasteiger partial charge in [-0.3, -0.25) is 9.59 Å². The van der Waals surface area contributed by atoms with Crippen molar-refractivity contribution in [1.29, 1.82) is 0 Å². The summed E-state index contributed by atoms with van der Waals surface area (Å²) in [7, 11) is 0. The summed E-state index contributed by atoms with van der Waals surface area (Å²) in [5.74, 6) is -0.288. The summed E-state index contributed by atoms with van der Waals surface area (Å²) >= 11 is 0. The number of carbonyl (C=O) groups is 3. The zero-order chi connectivity index (χ0) is 30.5. The zero-order valence-corrected chi connectivity index (χ0v) is 27.0. The van der Waals surface area contributed by atoms with E-state index in [9.17, 15) is 14.4 Å². The number of ether oxygens (including phenoxy) is 1. The van der Waals surface area contributed by atoms with Gasteiger partial charge in [0.25, 0.3) is 0 Å². The number of carbonyl (C=O) groups excluding carboxylic acids is 3. The zero-order valence-electron chi connectivity index (χ0n) is 27.0. The highest BCUT2D eigenvalue weighted by Crippen LogP contribution is 2.28. The first-order chi connectivity index (χ1) is 18.7. The molecule has 0 aliphatic carbocycles. The smallest absolute Gasteiger partial charge is 0.408 e. The predicted octanol–water partition coefficient (Wildman–Crippen LogP) is 7.39. The number of nitrogens with zero attached hydrogens (tertiary/aromatic N) is 1. The van der Waals surface area contributed by atoms with Gasteiger partial charge in [0, 0.05) is 12.6 Å². The molecule has 0 bridgehead atoms. The lowest BCUT2D eigenvalue weighted by molar-refractivity contribution is -0.143. The van der Waals surface area contributed by atoms with Crippen molar-refractivity contribution >= 4 is 17.9 Å². The Bertz CT molecular complexity index is 938. The third kappa shape index (κ3) is 12.7. The third-order valence-corrected chi connectivity index (χ3v) is 6.88. The summed E-state index contributed by atoms with van der Waals surface area (Å²) < 4.78 is 5.51. The molecule has 1 aromatic rings. The van der Waals surface area contributed by atoms with Crippen molar-refractivity contribution in [1.82, 2.24) is 15.5 Å². The molecule has 0 spiro atoms. The van der Waals surface area contributed by atoms with Crippen LogP contribution >= 0.6 is 0 Å². The summed E-state index contributed by atoms with van der Waals surface area (Å²) in [4.78, 5) is 42.9. The fourth-order valence-electron chi connectivity index (χ4n) is 4.93. The maximum absolute atomic E-state index is 14.4. The van der Waals surface area contributed by atoms with E-state index in [4.69, 9.17) is 4.74 Å². The molecule has 3 atom stereocenters. The molecule has 0 aromatic heterocycles. The van der Waals surface area contributed by atoms with E-state index in [0.717, 1.165) is 61.6 Å². The maximum Gasteiger partial charge on any atom is 0.408 e. The summed E-state index contributed by atoms with van der Waals surface area (Å²) in [5.41, 5.74) is 2.12. The Morgan fingerprint density at radius 3 is 2.15 bits per heavy atom. The first-order valence-electron chi connectivity index (χ1n) is 15.4. The Kier molecular flexibility index (Phi) is 15.3. The van der Waals surface area contributed by atoms with Gasteiger partial charge >= 0.3 is 6.09 Å². The minimum absolute atomic E-state index is 0.0158. The molecule has 40 heavy (non-hydrogen) atoms. The fourth-order valence-corrected chi connectivity index (χ4v) is 4.93. The number of rotatable bonds is 16. The molecule has 1 aromatic carbocycles. The number of amides is 3. The molecule has 228 valence electrons. The summed E-state index contributed by atoms with van der Waals surface area (Å²) in [6.07, 6.45) is 6.72. The van der Waals surface area contributed by atoms with Gasteiger partial charge in [0.2, 0.25) is 11.8 Å². The Balaban J connectivity index is 3.57. The number of aryl methyl sites for hydroxylation is 2. The molecule has 0 heterocycles. The van der Waals surface area contributed by atoms with Crippen molar-refractivity contribution in [2.75, 3.05) is 6.54 Å². The van der Waals surface area contributed by atoms with Gasteiger partial charge in [-0.2, -0.15) is 0 Å². The van der Waals surface area contributed by atoms with Crippen molar-refractivity contribution in [3.63, 3.8) is 0 Å². The molecule has 7 nitrogen and oxygen atoms in total. The highest BCUT2D eigenvalue weighted by Gasteiger charge is 2.37. The summed E-state index contributed by atoms with van der Waals surface area (Å²) in [6, 6.07) is 4.43. The van der Waals surface area contributed by atoms with Crippen molar-refractivity contribution in [3.8, 4) is 0 Å². The lowest BCUT2D eigenvalue weighted by Gasteiger charge is -2.36. The third-order valence-electron chi connectivity index (χ3n) is 6.88. The first kappa shape index (κ1) is 35.5. The molecular weight excluding hydrogens is 502 g/mol. The maximum atomic E-state index is 14.4. The monoisotopic (exact) mass is 559 g/mol.